The van der Waals surface area contributed by atoms with Crippen LogP contribution in [-0.4, -0.2) is 12.7 Å². The van der Waals surface area contributed by atoms with Crippen LogP contribution < -0.4 is 20.3 Å². The highest BCUT2D eigenvalue weighted by Gasteiger charge is 2.12. The number of rotatable bonds is 5. The molecule has 0 bridgehead atoms. The van der Waals surface area contributed by atoms with Crippen LogP contribution in [0.15, 0.2) is 60.8 Å². The van der Waals surface area contributed by atoms with Crippen LogP contribution in [0.25, 0.3) is 6.08 Å². The third-order valence-electron chi connectivity index (χ3n) is 3.30. The number of allylic oxidation sites excluding steroid dienone is 1. The predicted molar refractivity (Wildman–Crippen MR) is 87.7 cm³/mol. The lowest BCUT2D eigenvalue weighted by Gasteiger charge is -2.08. The van der Waals surface area contributed by atoms with Crippen molar-refractivity contribution in [1.29, 1.82) is 0 Å². The SMILES string of the molecule is C=C(/C=C/c1ccc2c(c1)OCO2)NNC(=O)c1cccc(F)c1. The number of nitrogens with one attached hydrogen (secondary N) is 2. The van der Waals surface area contributed by atoms with E-state index in [-0.39, 0.29) is 12.4 Å². The number of halogens is 1. The number of carbonyl (C=O) groups excluding carboxylic acids is 1. The summed E-state index contributed by atoms with van der Waals surface area (Å²) in [6, 6.07) is 11.0. The average Bonchev–Trinajstić information content (AvgIpc) is 3.05. The van der Waals surface area contributed by atoms with E-state index in [1.807, 2.05) is 24.3 Å². The van der Waals surface area contributed by atoms with Crippen LogP contribution in [0.2, 0.25) is 0 Å². The molecular formula is C18H15FN2O3. The third kappa shape index (κ3) is 3.73. The maximum absolute atomic E-state index is 13.1. The summed E-state index contributed by atoms with van der Waals surface area (Å²) in [6.07, 6.45) is 3.51. The summed E-state index contributed by atoms with van der Waals surface area (Å²) in [6.45, 7) is 4.01. The van der Waals surface area contributed by atoms with Crippen LogP contribution in [0, 0.1) is 5.82 Å². The molecule has 2 N–H and O–H groups in total. The van der Waals surface area contributed by atoms with Gasteiger partial charge in [-0.1, -0.05) is 24.8 Å². The van der Waals surface area contributed by atoms with Crippen molar-refractivity contribution < 1.29 is 18.7 Å². The number of fused-ring (bicyclic) bond motifs is 1. The highest BCUT2D eigenvalue weighted by Crippen LogP contribution is 2.32. The van der Waals surface area contributed by atoms with E-state index in [1.165, 1.54) is 18.2 Å². The Hall–Kier alpha value is -3.28. The Balaban J connectivity index is 1.55. The van der Waals surface area contributed by atoms with Crippen molar-refractivity contribution in [2.45, 2.75) is 0 Å². The summed E-state index contributed by atoms with van der Waals surface area (Å²) in [7, 11) is 0. The Kier molecular flexibility index (Phi) is 4.47. The monoisotopic (exact) mass is 326 g/mol. The first kappa shape index (κ1) is 15.6. The van der Waals surface area contributed by atoms with Crippen molar-refractivity contribution in [2.75, 3.05) is 6.79 Å². The Morgan fingerprint density at radius 1 is 1.12 bits per heavy atom. The number of hydrogen-bond donors (Lipinski definition) is 2. The van der Waals surface area contributed by atoms with Gasteiger partial charge in [-0.2, -0.15) is 0 Å². The fourth-order valence-electron chi connectivity index (χ4n) is 2.09. The van der Waals surface area contributed by atoms with E-state index in [0.717, 1.165) is 11.6 Å². The molecule has 6 heteroatoms. The zero-order valence-electron chi connectivity index (χ0n) is 12.7. The van der Waals surface area contributed by atoms with Crippen LogP contribution >= 0.6 is 0 Å². The highest BCUT2D eigenvalue weighted by molar-refractivity contribution is 5.93. The van der Waals surface area contributed by atoms with Crippen molar-refractivity contribution in [3.8, 4) is 11.5 Å². The summed E-state index contributed by atoms with van der Waals surface area (Å²) >= 11 is 0. The normalized spacial score (nSPS) is 12.2. The molecule has 0 saturated carbocycles. The minimum atomic E-state index is -0.468. The number of benzene rings is 2. The van der Waals surface area contributed by atoms with Gasteiger partial charge in [-0.3, -0.25) is 15.6 Å². The standard InChI is InChI=1S/C18H15FN2O3/c1-12(20-21-18(22)14-3-2-4-15(19)10-14)5-6-13-7-8-16-17(9-13)24-11-23-16/h2-10,20H,1,11H2,(H,21,22)/b6-5+. The molecule has 0 aliphatic carbocycles. The van der Waals surface area contributed by atoms with Gasteiger partial charge in [0.2, 0.25) is 6.79 Å². The zero-order valence-corrected chi connectivity index (χ0v) is 12.7. The third-order valence-corrected chi connectivity index (χ3v) is 3.30. The molecule has 0 atom stereocenters. The van der Waals surface area contributed by atoms with E-state index < -0.39 is 11.7 Å². The van der Waals surface area contributed by atoms with Crippen LogP contribution in [0.3, 0.4) is 0 Å². The van der Waals surface area contributed by atoms with Crippen molar-refractivity contribution in [2.24, 2.45) is 0 Å². The molecule has 1 aliphatic rings. The number of hydrogen-bond acceptors (Lipinski definition) is 4. The molecular weight excluding hydrogens is 311 g/mol. The number of ether oxygens (including phenoxy) is 2. The molecule has 0 saturated heterocycles. The second kappa shape index (κ2) is 6.87. The fourth-order valence-corrected chi connectivity index (χ4v) is 2.09. The topological polar surface area (TPSA) is 59.6 Å². The Labute approximate surface area is 138 Å². The number of amides is 1. The Bertz CT molecular complexity index is 818. The van der Waals surface area contributed by atoms with E-state index in [4.69, 9.17) is 9.47 Å². The fraction of sp³-hybridized carbons (Fsp3) is 0.0556. The van der Waals surface area contributed by atoms with Gasteiger partial charge in [0.25, 0.3) is 5.91 Å². The average molecular weight is 326 g/mol. The smallest absolute Gasteiger partial charge is 0.269 e. The first-order valence-corrected chi connectivity index (χ1v) is 7.20. The molecule has 0 fully saturated rings. The molecule has 1 heterocycles. The summed E-state index contributed by atoms with van der Waals surface area (Å²) < 4.78 is 23.6. The van der Waals surface area contributed by atoms with Crippen molar-refractivity contribution >= 4 is 12.0 Å². The maximum atomic E-state index is 13.1. The second-order valence-corrected chi connectivity index (χ2v) is 5.06. The molecule has 5 nitrogen and oxygen atoms in total. The molecule has 3 rings (SSSR count). The van der Waals surface area contributed by atoms with Gasteiger partial charge in [-0.25, -0.2) is 4.39 Å². The van der Waals surface area contributed by atoms with Gasteiger partial charge in [0.05, 0.1) is 0 Å². The van der Waals surface area contributed by atoms with E-state index in [9.17, 15) is 9.18 Å². The second-order valence-electron chi connectivity index (χ2n) is 5.06. The number of hydrazine groups is 1. The van der Waals surface area contributed by atoms with Crippen molar-refractivity contribution in [3.05, 3.63) is 77.8 Å². The molecule has 1 aliphatic heterocycles. The molecule has 2 aromatic carbocycles. The van der Waals surface area contributed by atoms with Gasteiger partial charge < -0.3 is 9.47 Å². The highest BCUT2D eigenvalue weighted by atomic mass is 19.1. The quantitative estimate of drug-likeness (QED) is 0.655. The molecule has 2 aromatic rings. The molecule has 24 heavy (non-hydrogen) atoms. The van der Waals surface area contributed by atoms with E-state index in [0.29, 0.717) is 17.2 Å². The summed E-state index contributed by atoms with van der Waals surface area (Å²) in [5.41, 5.74) is 6.71. The lowest BCUT2D eigenvalue weighted by molar-refractivity contribution is 0.0939. The molecule has 122 valence electrons. The Morgan fingerprint density at radius 2 is 1.96 bits per heavy atom. The lowest BCUT2D eigenvalue weighted by atomic mass is 10.2. The minimum Gasteiger partial charge on any atom is -0.454 e. The van der Waals surface area contributed by atoms with Crippen LogP contribution in [0.4, 0.5) is 4.39 Å². The summed E-state index contributed by atoms with van der Waals surface area (Å²) in [5.74, 6) is 0.484. The van der Waals surface area contributed by atoms with Gasteiger partial charge in [0.15, 0.2) is 11.5 Å². The van der Waals surface area contributed by atoms with Gasteiger partial charge in [0.1, 0.15) is 5.82 Å². The first-order valence-electron chi connectivity index (χ1n) is 7.20. The molecule has 0 aromatic heterocycles. The minimum absolute atomic E-state index is 0.218. The van der Waals surface area contributed by atoms with E-state index >= 15 is 0 Å². The van der Waals surface area contributed by atoms with Gasteiger partial charge in [-0.05, 0) is 42.0 Å². The first-order chi connectivity index (χ1) is 11.6. The van der Waals surface area contributed by atoms with Crippen LogP contribution in [0.5, 0.6) is 11.5 Å². The largest absolute Gasteiger partial charge is 0.454 e. The molecule has 0 unspecified atom stereocenters. The maximum Gasteiger partial charge on any atom is 0.269 e. The van der Waals surface area contributed by atoms with Gasteiger partial charge >= 0.3 is 0 Å². The predicted octanol–water partition coefficient (Wildman–Crippen LogP) is 3.02. The Morgan fingerprint density at radius 3 is 2.79 bits per heavy atom. The molecule has 1 amide bonds. The molecule has 0 spiro atoms. The summed E-state index contributed by atoms with van der Waals surface area (Å²) in [5, 5.41) is 0. The van der Waals surface area contributed by atoms with E-state index in [2.05, 4.69) is 17.4 Å². The lowest BCUT2D eigenvalue weighted by Crippen LogP contribution is -2.36. The van der Waals surface area contributed by atoms with E-state index in [1.54, 1.807) is 6.08 Å². The van der Waals surface area contributed by atoms with Crippen LogP contribution in [-0.2, 0) is 0 Å². The van der Waals surface area contributed by atoms with Crippen molar-refractivity contribution in [3.63, 3.8) is 0 Å². The van der Waals surface area contributed by atoms with Crippen LogP contribution in [0.1, 0.15) is 15.9 Å². The summed E-state index contributed by atoms with van der Waals surface area (Å²) in [4.78, 5) is 11.9. The molecule has 0 radical (unpaired) electrons. The van der Waals surface area contributed by atoms with Crippen molar-refractivity contribution in [1.82, 2.24) is 10.9 Å². The van der Waals surface area contributed by atoms with Gasteiger partial charge in [0, 0.05) is 11.3 Å². The van der Waals surface area contributed by atoms with Gasteiger partial charge in [-0.15, -0.1) is 0 Å². The zero-order chi connectivity index (χ0) is 16.9. The number of carbonyl (C=O) groups is 1.